The fourth-order valence-electron chi connectivity index (χ4n) is 2.65. The van der Waals surface area contributed by atoms with Crippen LogP contribution in [0.15, 0.2) is 53.3 Å². The minimum atomic E-state index is -0.515. The molecule has 134 valence electrons. The molecule has 2 aromatic carbocycles. The predicted octanol–water partition coefficient (Wildman–Crippen LogP) is 2.71. The maximum absolute atomic E-state index is 13.4. The Balaban J connectivity index is 1.55. The third-order valence-corrected chi connectivity index (χ3v) is 3.99. The number of hydrogen-bond donors (Lipinski definition) is 2. The molecule has 1 amide bonds. The maximum Gasteiger partial charge on any atom is 0.257 e. The van der Waals surface area contributed by atoms with Gasteiger partial charge in [-0.05, 0) is 49.1 Å². The van der Waals surface area contributed by atoms with Crippen molar-refractivity contribution >= 4 is 16.8 Å². The second-order valence-corrected chi connectivity index (χ2v) is 6.03. The number of carbonyl (C=O) groups excluding carboxylic acids is 1. The summed E-state index contributed by atoms with van der Waals surface area (Å²) in [5.41, 5.74) is 2.32. The van der Waals surface area contributed by atoms with Gasteiger partial charge in [-0.1, -0.05) is 23.8 Å². The second kappa shape index (κ2) is 7.82. The highest BCUT2D eigenvalue weighted by atomic mass is 19.1. The quantitative estimate of drug-likeness (QED) is 0.715. The van der Waals surface area contributed by atoms with E-state index >= 15 is 0 Å². The number of benzene rings is 2. The molecule has 0 fully saturated rings. The number of hydrogen-bond acceptors (Lipinski definition) is 3. The molecule has 3 rings (SSSR count). The monoisotopic (exact) mass is 354 g/mol. The first kappa shape index (κ1) is 17.7. The number of pyridine rings is 1. The van der Waals surface area contributed by atoms with E-state index in [0.717, 1.165) is 16.5 Å². The Morgan fingerprint density at radius 2 is 2.00 bits per heavy atom. The van der Waals surface area contributed by atoms with E-state index in [-0.39, 0.29) is 23.8 Å². The fourth-order valence-corrected chi connectivity index (χ4v) is 2.65. The normalized spacial score (nSPS) is 10.7. The highest BCUT2D eigenvalue weighted by Gasteiger charge is 2.07. The van der Waals surface area contributed by atoms with E-state index in [9.17, 15) is 14.0 Å². The molecule has 1 heterocycles. The zero-order chi connectivity index (χ0) is 18.5. The standard InChI is InChI=1S/C20H19FN2O3/c1-13-6-7-17-15(10-13)11-14(20(25)23-17)8-9-22-19(24)12-26-18-5-3-2-4-16(18)21/h2-7,10-11H,8-9,12H2,1H3,(H,22,24)(H,23,25). The summed E-state index contributed by atoms with van der Waals surface area (Å²) < 4.78 is 18.6. The summed E-state index contributed by atoms with van der Waals surface area (Å²) in [4.78, 5) is 26.8. The minimum absolute atomic E-state index is 0.0315. The van der Waals surface area contributed by atoms with Crippen LogP contribution in [0.5, 0.6) is 5.75 Å². The van der Waals surface area contributed by atoms with Crippen molar-refractivity contribution in [3.63, 3.8) is 0 Å². The van der Waals surface area contributed by atoms with Crippen LogP contribution in [0.25, 0.3) is 10.9 Å². The van der Waals surface area contributed by atoms with Gasteiger partial charge in [0.15, 0.2) is 18.2 Å². The number of nitrogens with one attached hydrogen (secondary N) is 2. The highest BCUT2D eigenvalue weighted by Crippen LogP contribution is 2.15. The smallest absolute Gasteiger partial charge is 0.257 e. The van der Waals surface area contributed by atoms with Crippen LogP contribution in [0.4, 0.5) is 4.39 Å². The average molecular weight is 354 g/mol. The molecule has 6 heteroatoms. The number of amides is 1. The molecule has 0 aliphatic carbocycles. The molecule has 0 atom stereocenters. The van der Waals surface area contributed by atoms with Crippen molar-refractivity contribution in [1.82, 2.24) is 10.3 Å². The van der Waals surface area contributed by atoms with Crippen LogP contribution >= 0.6 is 0 Å². The topological polar surface area (TPSA) is 71.2 Å². The Bertz CT molecular complexity index is 998. The van der Waals surface area contributed by atoms with Gasteiger partial charge >= 0.3 is 0 Å². The van der Waals surface area contributed by atoms with Crippen LogP contribution in [0.1, 0.15) is 11.1 Å². The molecule has 5 nitrogen and oxygen atoms in total. The number of rotatable bonds is 6. The molecule has 0 saturated heterocycles. The van der Waals surface area contributed by atoms with Crippen LogP contribution in [-0.4, -0.2) is 24.0 Å². The van der Waals surface area contributed by atoms with Crippen LogP contribution in [0, 0.1) is 12.7 Å². The van der Waals surface area contributed by atoms with Crippen LogP contribution in [0.3, 0.4) is 0 Å². The summed E-state index contributed by atoms with van der Waals surface area (Å²) in [6.45, 7) is 1.99. The lowest BCUT2D eigenvalue weighted by atomic mass is 10.1. The number of para-hydroxylation sites is 1. The van der Waals surface area contributed by atoms with E-state index in [2.05, 4.69) is 10.3 Å². The molecule has 1 aromatic heterocycles. The van der Waals surface area contributed by atoms with E-state index in [1.807, 2.05) is 31.2 Å². The largest absolute Gasteiger partial charge is 0.481 e. The Morgan fingerprint density at radius 3 is 2.81 bits per heavy atom. The molecular formula is C20H19FN2O3. The lowest BCUT2D eigenvalue weighted by molar-refractivity contribution is -0.123. The molecule has 0 bridgehead atoms. The molecule has 3 aromatic rings. The number of H-pyrrole nitrogens is 1. The summed E-state index contributed by atoms with van der Waals surface area (Å²) in [6.07, 6.45) is 0.394. The molecule has 2 N–H and O–H groups in total. The lowest BCUT2D eigenvalue weighted by Crippen LogP contribution is -2.31. The maximum atomic E-state index is 13.4. The van der Waals surface area contributed by atoms with Crippen molar-refractivity contribution in [1.29, 1.82) is 0 Å². The fraction of sp³-hybridized carbons (Fsp3) is 0.200. The van der Waals surface area contributed by atoms with Crippen molar-refractivity contribution in [3.05, 3.63) is 75.8 Å². The van der Waals surface area contributed by atoms with E-state index in [1.165, 1.54) is 12.1 Å². The van der Waals surface area contributed by atoms with Crippen molar-refractivity contribution < 1.29 is 13.9 Å². The van der Waals surface area contributed by atoms with E-state index in [0.29, 0.717) is 18.5 Å². The number of aryl methyl sites for hydroxylation is 1. The van der Waals surface area contributed by atoms with Gasteiger partial charge in [-0.25, -0.2) is 4.39 Å². The molecule has 0 aliphatic heterocycles. The van der Waals surface area contributed by atoms with E-state index < -0.39 is 5.82 Å². The van der Waals surface area contributed by atoms with Gasteiger partial charge in [0.2, 0.25) is 0 Å². The summed E-state index contributed by atoms with van der Waals surface area (Å²) in [5.74, 6) is -0.858. The molecule has 0 spiro atoms. The van der Waals surface area contributed by atoms with Crippen molar-refractivity contribution in [2.45, 2.75) is 13.3 Å². The number of fused-ring (bicyclic) bond motifs is 1. The third-order valence-electron chi connectivity index (χ3n) is 3.99. The lowest BCUT2D eigenvalue weighted by Gasteiger charge is -2.08. The molecule has 26 heavy (non-hydrogen) atoms. The van der Waals surface area contributed by atoms with Crippen LogP contribution < -0.4 is 15.6 Å². The Kier molecular flexibility index (Phi) is 5.31. The summed E-state index contributed by atoms with van der Waals surface area (Å²) >= 11 is 0. The highest BCUT2D eigenvalue weighted by molar-refractivity contribution is 5.80. The van der Waals surface area contributed by atoms with Crippen molar-refractivity contribution in [3.8, 4) is 5.75 Å². The van der Waals surface area contributed by atoms with Crippen molar-refractivity contribution in [2.75, 3.05) is 13.2 Å². The third kappa shape index (κ3) is 4.27. The van der Waals surface area contributed by atoms with Gasteiger partial charge in [0, 0.05) is 17.6 Å². The molecule has 0 radical (unpaired) electrons. The van der Waals surface area contributed by atoms with Gasteiger partial charge in [-0.3, -0.25) is 9.59 Å². The zero-order valence-corrected chi connectivity index (χ0v) is 14.3. The van der Waals surface area contributed by atoms with Gasteiger partial charge in [-0.2, -0.15) is 0 Å². The number of aromatic nitrogens is 1. The van der Waals surface area contributed by atoms with Crippen molar-refractivity contribution in [2.24, 2.45) is 0 Å². The zero-order valence-electron chi connectivity index (χ0n) is 14.3. The Morgan fingerprint density at radius 1 is 1.19 bits per heavy atom. The van der Waals surface area contributed by atoms with Crippen LogP contribution in [0.2, 0.25) is 0 Å². The van der Waals surface area contributed by atoms with E-state index in [1.54, 1.807) is 12.1 Å². The first-order chi connectivity index (χ1) is 12.5. The summed E-state index contributed by atoms with van der Waals surface area (Å²) in [5, 5.41) is 3.62. The van der Waals surface area contributed by atoms with Gasteiger partial charge in [0.05, 0.1) is 0 Å². The number of carbonyl (C=O) groups is 1. The SMILES string of the molecule is Cc1ccc2[nH]c(=O)c(CCNC(=O)COc3ccccc3F)cc2c1. The van der Waals surface area contributed by atoms with Gasteiger partial charge in [0.25, 0.3) is 11.5 Å². The Hall–Kier alpha value is -3.15. The second-order valence-electron chi connectivity index (χ2n) is 6.03. The molecule has 0 unspecified atom stereocenters. The van der Waals surface area contributed by atoms with Gasteiger partial charge in [0.1, 0.15) is 0 Å². The van der Waals surface area contributed by atoms with Gasteiger partial charge < -0.3 is 15.0 Å². The van der Waals surface area contributed by atoms with E-state index in [4.69, 9.17) is 4.74 Å². The Labute approximate surface area is 149 Å². The average Bonchev–Trinajstić information content (AvgIpc) is 2.62. The summed E-state index contributed by atoms with van der Waals surface area (Å²) in [6, 6.07) is 13.5. The molecular weight excluding hydrogens is 335 g/mol. The first-order valence-corrected chi connectivity index (χ1v) is 8.29. The number of ether oxygens (including phenoxy) is 1. The predicted molar refractivity (Wildman–Crippen MR) is 97.9 cm³/mol. The molecule has 0 aliphatic rings. The van der Waals surface area contributed by atoms with Gasteiger partial charge in [-0.15, -0.1) is 0 Å². The van der Waals surface area contributed by atoms with Crippen LogP contribution in [-0.2, 0) is 11.2 Å². The first-order valence-electron chi connectivity index (χ1n) is 8.29. The number of halogens is 1. The summed E-state index contributed by atoms with van der Waals surface area (Å²) in [7, 11) is 0. The molecule has 0 saturated carbocycles. The minimum Gasteiger partial charge on any atom is -0.481 e. The number of aromatic amines is 1.